The molecule has 0 fully saturated rings. The first-order chi connectivity index (χ1) is 5.86. The van der Waals surface area contributed by atoms with Crippen molar-refractivity contribution in [1.82, 2.24) is 5.32 Å². The predicted octanol–water partition coefficient (Wildman–Crippen LogP) is 0.757. The Morgan fingerprint density at radius 3 is 2.08 bits per heavy atom. The second-order valence-corrected chi connectivity index (χ2v) is 4.68. The minimum Gasteiger partial charge on any atom is -0.305 e. The van der Waals surface area contributed by atoms with Crippen molar-refractivity contribution < 1.29 is 13.6 Å². The Balaban J connectivity index is 4.27. The molecule has 0 radical (unpaired) electrons. The Bertz CT molecular complexity index is 206. The fourth-order valence-corrected chi connectivity index (χ4v) is 1.35. The summed E-state index contributed by atoms with van der Waals surface area (Å²) < 4.78 is 19.3. The smallest absolute Gasteiger partial charge is 0.170 e. The molecule has 0 aromatic rings. The van der Waals surface area contributed by atoms with Crippen LogP contribution >= 0.6 is 0 Å². The van der Waals surface area contributed by atoms with Gasteiger partial charge in [-0.15, -0.1) is 0 Å². The second kappa shape index (κ2) is 5.47. The average Bonchev–Trinajstić information content (AvgIpc) is 1.97. The molecule has 0 aromatic heterocycles. The van der Waals surface area contributed by atoms with Gasteiger partial charge in [0, 0.05) is 0 Å². The molecule has 0 aliphatic carbocycles. The number of ketones is 1. The molecule has 2 N–H and O–H groups in total. The van der Waals surface area contributed by atoms with E-state index in [0.29, 0.717) is 0 Å². The van der Waals surface area contributed by atoms with Gasteiger partial charge in [0.25, 0.3) is 0 Å². The van der Waals surface area contributed by atoms with E-state index in [-0.39, 0.29) is 17.7 Å². The highest BCUT2D eigenvalue weighted by Crippen LogP contribution is 2.04. The predicted molar refractivity (Wildman–Crippen MR) is 52.7 cm³/mol. The van der Waals surface area contributed by atoms with Gasteiger partial charge in [-0.1, -0.05) is 13.8 Å². The first-order valence-electron chi connectivity index (χ1n) is 4.22. The van der Waals surface area contributed by atoms with E-state index < -0.39 is 16.5 Å². The van der Waals surface area contributed by atoms with E-state index in [4.69, 9.17) is 4.55 Å². The highest BCUT2D eigenvalue weighted by molar-refractivity contribution is 7.79. The van der Waals surface area contributed by atoms with Crippen LogP contribution in [0.2, 0.25) is 0 Å². The number of carbonyl (C=O) groups is 1. The Hall–Kier alpha value is -0.260. The minimum absolute atomic E-state index is 0.00713. The molecule has 0 aromatic carbocycles. The summed E-state index contributed by atoms with van der Waals surface area (Å²) >= 11 is -1.93. The van der Waals surface area contributed by atoms with E-state index in [1.54, 1.807) is 6.92 Å². The molecule has 78 valence electrons. The number of hydrogen-bond acceptors (Lipinski definition) is 3. The van der Waals surface area contributed by atoms with Crippen molar-refractivity contribution >= 4 is 16.9 Å². The lowest BCUT2D eigenvalue weighted by Crippen LogP contribution is -2.46. The molecule has 0 heterocycles. The number of Topliss-reactive ketones (excluding diaryl/α,β-unsaturated/α-hetero) is 1. The first kappa shape index (κ1) is 12.7. The molecule has 0 amide bonds. The molecule has 0 saturated carbocycles. The number of nitrogens with one attached hydrogen (secondary N) is 1. The Morgan fingerprint density at radius 2 is 1.85 bits per heavy atom. The van der Waals surface area contributed by atoms with Gasteiger partial charge in [-0.2, -0.15) is 0 Å². The largest absolute Gasteiger partial charge is 0.305 e. The summed E-state index contributed by atoms with van der Waals surface area (Å²) in [6, 6.07) is -0.342. The van der Waals surface area contributed by atoms with E-state index >= 15 is 0 Å². The van der Waals surface area contributed by atoms with Gasteiger partial charge in [0.05, 0.1) is 6.04 Å². The number of carbonyl (C=O) groups excluding carboxylic acids is 1. The lowest BCUT2D eigenvalue weighted by molar-refractivity contribution is -0.120. The van der Waals surface area contributed by atoms with Crippen molar-refractivity contribution in [2.24, 2.45) is 5.92 Å². The molecule has 0 aliphatic rings. The van der Waals surface area contributed by atoms with Crippen molar-refractivity contribution in [2.75, 3.05) is 0 Å². The van der Waals surface area contributed by atoms with Crippen LogP contribution in [0.25, 0.3) is 0 Å². The third-order valence-electron chi connectivity index (χ3n) is 1.82. The van der Waals surface area contributed by atoms with Gasteiger partial charge >= 0.3 is 0 Å². The van der Waals surface area contributed by atoms with Crippen molar-refractivity contribution in [3.63, 3.8) is 0 Å². The fourth-order valence-electron chi connectivity index (χ4n) is 1.09. The van der Waals surface area contributed by atoms with Gasteiger partial charge in [-0.3, -0.25) is 10.1 Å². The Labute approximate surface area is 81.4 Å². The van der Waals surface area contributed by atoms with Gasteiger partial charge in [0.15, 0.2) is 11.1 Å². The van der Waals surface area contributed by atoms with Crippen molar-refractivity contribution in [3.8, 4) is 0 Å². The summed E-state index contributed by atoms with van der Waals surface area (Å²) in [6.45, 7) is 6.84. The van der Waals surface area contributed by atoms with Gasteiger partial charge in [0.2, 0.25) is 0 Å². The van der Waals surface area contributed by atoms with Gasteiger partial charge in [0.1, 0.15) is 11.2 Å². The van der Waals surface area contributed by atoms with Crippen LogP contribution in [-0.4, -0.2) is 26.0 Å². The van der Waals surface area contributed by atoms with Gasteiger partial charge in [-0.05, 0) is 19.8 Å². The zero-order valence-electron chi connectivity index (χ0n) is 8.40. The molecule has 0 aliphatic heterocycles. The van der Waals surface area contributed by atoms with E-state index in [0.717, 1.165) is 0 Å². The molecular formula is C8H17NO3S. The van der Waals surface area contributed by atoms with Crippen LogP contribution in [-0.2, 0) is 15.9 Å². The molecule has 3 atom stereocenters. The zero-order chi connectivity index (χ0) is 10.6. The van der Waals surface area contributed by atoms with E-state index in [2.05, 4.69) is 5.32 Å². The lowest BCUT2D eigenvalue weighted by atomic mass is 10.0. The molecule has 0 saturated heterocycles. The SMILES string of the molecule is CC(=O)C(NC(C)S(=O)O)C(C)C. The zero-order valence-corrected chi connectivity index (χ0v) is 9.22. The molecule has 0 rings (SSSR count). The van der Waals surface area contributed by atoms with Gasteiger partial charge < -0.3 is 4.55 Å². The minimum atomic E-state index is -1.93. The molecule has 13 heavy (non-hydrogen) atoms. The summed E-state index contributed by atoms with van der Waals surface area (Å²) in [7, 11) is 0. The third kappa shape index (κ3) is 4.50. The maximum atomic E-state index is 11.1. The molecular weight excluding hydrogens is 190 g/mol. The lowest BCUT2D eigenvalue weighted by Gasteiger charge is -2.22. The fraction of sp³-hybridized carbons (Fsp3) is 0.875. The van der Waals surface area contributed by atoms with Gasteiger partial charge in [-0.25, -0.2) is 4.21 Å². The highest BCUT2D eigenvalue weighted by Gasteiger charge is 2.21. The van der Waals surface area contributed by atoms with Crippen molar-refractivity contribution in [1.29, 1.82) is 0 Å². The molecule has 5 heteroatoms. The Morgan fingerprint density at radius 1 is 1.38 bits per heavy atom. The summed E-state index contributed by atoms with van der Waals surface area (Å²) in [5.41, 5.74) is 0. The molecule has 3 unspecified atom stereocenters. The van der Waals surface area contributed by atoms with Crippen LogP contribution < -0.4 is 5.32 Å². The van der Waals surface area contributed by atoms with E-state index in [1.165, 1.54) is 6.92 Å². The molecule has 0 spiro atoms. The molecule has 0 bridgehead atoms. The standard InChI is InChI=1S/C8H17NO3S/c1-5(2)8(6(3)10)9-7(4)13(11)12/h5,7-9H,1-4H3,(H,11,12). The summed E-state index contributed by atoms with van der Waals surface area (Å²) in [5.74, 6) is 0.121. The second-order valence-electron chi connectivity index (χ2n) is 3.42. The maximum absolute atomic E-state index is 11.1. The van der Waals surface area contributed by atoms with Crippen LogP contribution in [0.4, 0.5) is 0 Å². The van der Waals surface area contributed by atoms with Crippen LogP contribution in [0.3, 0.4) is 0 Å². The van der Waals surface area contributed by atoms with Crippen LogP contribution in [0.15, 0.2) is 0 Å². The summed E-state index contributed by atoms with van der Waals surface area (Å²) in [4.78, 5) is 11.1. The monoisotopic (exact) mass is 207 g/mol. The normalized spacial score (nSPS) is 18.3. The number of hydrogen-bond donors (Lipinski definition) is 2. The first-order valence-corrected chi connectivity index (χ1v) is 5.39. The summed E-state index contributed by atoms with van der Waals surface area (Å²) in [5, 5.41) is 2.24. The van der Waals surface area contributed by atoms with E-state index in [9.17, 15) is 9.00 Å². The average molecular weight is 207 g/mol. The summed E-state index contributed by atoms with van der Waals surface area (Å²) in [6.07, 6.45) is 0. The van der Waals surface area contributed by atoms with Crippen molar-refractivity contribution in [2.45, 2.75) is 39.1 Å². The van der Waals surface area contributed by atoms with Crippen molar-refractivity contribution in [3.05, 3.63) is 0 Å². The quantitative estimate of drug-likeness (QED) is 0.653. The maximum Gasteiger partial charge on any atom is 0.170 e. The van der Waals surface area contributed by atoms with E-state index in [1.807, 2.05) is 13.8 Å². The number of rotatable bonds is 5. The third-order valence-corrected chi connectivity index (χ3v) is 2.56. The van der Waals surface area contributed by atoms with Crippen LogP contribution in [0, 0.1) is 5.92 Å². The van der Waals surface area contributed by atoms with Crippen LogP contribution in [0.5, 0.6) is 0 Å². The Kier molecular flexibility index (Phi) is 5.36. The molecule has 4 nitrogen and oxygen atoms in total. The topological polar surface area (TPSA) is 66.4 Å². The van der Waals surface area contributed by atoms with Crippen LogP contribution in [0.1, 0.15) is 27.7 Å². The highest BCUT2D eigenvalue weighted by atomic mass is 32.2.